The van der Waals surface area contributed by atoms with E-state index in [2.05, 4.69) is 186 Å². The highest BCUT2D eigenvalue weighted by molar-refractivity contribution is 6.17. The number of hydrogen-bond donors (Lipinski definition) is 1. The van der Waals surface area contributed by atoms with Crippen LogP contribution in [0.3, 0.4) is 0 Å². The minimum atomic E-state index is -0.464. The average Bonchev–Trinajstić information content (AvgIpc) is 3.45. The van der Waals surface area contributed by atoms with Crippen LogP contribution in [0, 0.1) is 0 Å². The van der Waals surface area contributed by atoms with Crippen LogP contribution >= 0.6 is 0 Å². The average molecular weight is 614 g/mol. The number of benzene rings is 7. The van der Waals surface area contributed by atoms with Gasteiger partial charge in [0.25, 0.3) is 0 Å². The Morgan fingerprint density at radius 3 is 1.77 bits per heavy atom. The molecular formula is C45H31N3. The van der Waals surface area contributed by atoms with Gasteiger partial charge in [-0.15, -0.1) is 0 Å². The molecule has 7 aromatic carbocycles. The molecule has 3 aliphatic rings. The summed E-state index contributed by atoms with van der Waals surface area (Å²) in [6.07, 6.45) is -0.219. The van der Waals surface area contributed by atoms with Crippen LogP contribution in [0.2, 0.25) is 0 Å². The third-order valence-corrected chi connectivity index (χ3v) is 10.3. The molecule has 3 nitrogen and oxygen atoms in total. The molecule has 0 fully saturated rings. The molecule has 1 aliphatic carbocycles. The van der Waals surface area contributed by atoms with E-state index in [0.717, 1.165) is 33.8 Å². The van der Waals surface area contributed by atoms with Gasteiger partial charge in [-0.1, -0.05) is 140 Å². The molecule has 0 radical (unpaired) electrons. The number of rotatable bonds is 3. The molecular weight excluding hydrogens is 583 g/mol. The standard InChI is InChI=1S/C45H31N3/c1-3-15-30(16-4-1)43-34-20-8-12-24-40(34)46-44(47-43)31-27-28-37-35(29-31)33-19-7-9-21-36(33)45(37)38-22-10-13-25-41(38)48(32-17-5-2-6-18-32)42-26-14-11-23-39(42)45/h1-29,44,46H. The molecule has 1 N–H and O–H groups in total. The highest BCUT2D eigenvalue weighted by atomic mass is 15.2. The van der Waals surface area contributed by atoms with Gasteiger partial charge in [-0.05, 0) is 75.3 Å². The molecule has 2 heterocycles. The van der Waals surface area contributed by atoms with Crippen LogP contribution < -0.4 is 10.2 Å². The van der Waals surface area contributed by atoms with Gasteiger partial charge in [-0.3, -0.25) is 4.99 Å². The second-order valence-corrected chi connectivity index (χ2v) is 12.7. The van der Waals surface area contributed by atoms with E-state index >= 15 is 0 Å². The van der Waals surface area contributed by atoms with E-state index in [4.69, 9.17) is 4.99 Å². The number of aliphatic imine (C=N–C) groups is 1. The molecule has 1 atom stereocenters. The topological polar surface area (TPSA) is 27.6 Å². The molecule has 0 bridgehead atoms. The molecule has 0 amide bonds. The van der Waals surface area contributed by atoms with Crippen LogP contribution in [0.5, 0.6) is 0 Å². The first kappa shape index (κ1) is 27.0. The molecule has 7 aromatic rings. The van der Waals surface area contributed by atoms with Crippen molar-refractivity contribution in [3.05, 3.63) is 215 Å². The third kappa shape index (κ3) is 3.73. The lowest BCUT2D eigenvalue weighted by Crippen LogP contribution is -2.36. The lowest BCUT2D eigenvalue weighted by Gasteiger charge is -2.45. The zero-order valence-corrected chi connectivity index (χ0v) is 26.2. The van der Waals surface area contributed by atoms with Crippen LogP contribution in [-0.4, -0.2) is 5.71 Å². The Morgan fingerprint density at radius 2 is 1.04 bits per heavy atom. The lowest BCUT2D eigenvalue weighted by atomic mass is 9.64. The Hall–Kier alpha value is -6.19. The summed E-state index contributed by atoms with van der Waals surface area (Å²) >= 11 is 0. The SMILES string of the molecule is c1ccc(C2=NC(c3ccc4c(c3)-c3ccccc3C43c4ccccc4N(c4ccccc4)c4ccccc43)Nc3ccccc32)cc1. The van der Waals surface area contributed by atoms with E-state index < -0.39 is 5.41 Å². The molecule has 10 rings (SSSR count). The van der Waals surface area contributed by atoms with Gasteiger partial charge in [0.05, 0.1) is 22.5 Å². The summed E-state index contributed by atoms with van der Waals surface area (Å²) in [5.74, 6) is 0. The van der Waals surface area contributed by atoms with Crippen molar-refractivity contribution in [2.24, 2.45) is 4.99 Å². The molecule has 1 spiro atoms. The molecule has 0 saturated carbocycles. The third-order valence-electron chi connectivity index (χ3n) is 10.3. The number of nitrogens with zero attached hydrogens (tertiary/aromatic N) is 2. The molecule has 3 heteroatoms. The number of nitrogens with one attached hydrogen (secondary N) is 1. The number of fused-ring (bicyclic) bond motifs is 10. The fraction of sp³-hybridized carbons (Fsp3) is 0.0444. The Balaban J connectivity index is 1.20. The highest BCUT2D eigenvalue weighted by Gasteiger charge is 2.51. The van der Waals surface area contributed by atoms with Gasteiger partial charge in [-0.25, -0.2) is 0 Å². The maximum atomic E-state index is 5.36. The summed E-state index contributed by atoms with van der Waals surface area (Å²) < 4.78 is 0. The first-order valence-electron chi connectivity index (χ1n) is 16.6. The van der Waals surface area contributed by atoms with Gasteiger partial charge >= 0.3 is 0 Å². The van der Waals surface area contributed by atoms with Crippen molar-refractivity contribution >= 4 is 28.5 Å². The summed E-state index contributed by atoms with van der Waals surface area (Å²) in [5, 5.41) is 3.76. The van der Waals surface area contributed by atoms with Gasteiger partial charge in [-0.2, -0.15) is 0 Å². The monoisotopic (exact) mass is 613 g/mol. The second kappa shape index (κ2) is 10.4. The van der Waals surface area contributed by atoms with E-state index in [-0.39, 0.29) is 6.17 Å². The zero-order chi connectivity index (χ0) is 31.7. The zero-order valence-electron chi connectivity index (χ0n) is 26.2. The van der Waals surface area contributed by atoms with E-state index in [0.29, 0.717) is 0 Å². The lowest BCUT2D eigenvalue weighted by molar-refractivity contribution is 0.750. The largest absolute Gasteiger partial charge is 0.360 e. The summed E-state index contributed by atoms with van der Waals surface area (Å²) in [6, 6.07) is 63.7. The van der Waals surface area contributed by atoms with Crippen LogP contribution in [0.25, 0.3) is 11.1 Å². The summed E-state index contributed by atoms with van der Waals surface area (Å²) in [4.78, 5) is 7.79. The van der Waals surface area contributed by atoms with Crippen molar-refractivity contribution in [2.75, 3.05) is 10.2 Å². The Bertz CT molecular complexity index is 2340. The van der Waals surface area contributed by atoms with Crippen LogP contribution in [0.1, 0.15) is 45.1 Å². The molecule has 1 unspecified atom stereocenters. The minimum Gasteiger partial charge on any atom is -0.360 e. The van der Waals surface area contributed by atoms with Gasteiger partial charge in [0.15, 0.2) is 0 Å². The maximum Gasteiger partial charge on any atom is 0.145 e. The van der Waals surface area contributed by atoms with Crippen molar-refractivity contribution < 1.29 is 0 Å². The van der Waals surface area contributed by atoms with Gasteiger partial charge in [0, 0.05) is 22.5 Å². The van der Waals surface area contributed by atoms with E-state index in [1.54, 1.807) is 0 Å². The molecule has 0 aromatic heterocycles. The smallest absolute Gasteiger partial charge is 0.145 e. The predicted molar refractivity (Wildman–Crippen MR) is 197 cm³/mol. The molecule has 0 saturated heterocycles. The summed E-state index contributed by atoms with van der Waals surface area (Å²) in [6.45, 7) is 0. The molecule has 2 aliphatic heterocycles. The fourth-order valence-corrected chi connectivity index (χ4v) is 8.33. The van der Waals surface area contributed by atoms with Crippen LogP contribution in [-0.2, 0) is 5.41 Å². The van der Waals surface area contributed by atoms with E-state index in [9.17, 15) is 0 Å². The molecule has 226 valence electrons. The van der Waals surface area contributed by atoms with Crippen molar-refractivity contribution in [2.45, 2.75) is 11.6 Å². The summed E-state index contributed by atoms with van der Waals surface area (Å²) in [7, 11) is 0. The van der Waals surface area contributed by atoms with Crippen molar-refractivity contribution in [1.82, 2.24) is 0 Å². The van der Waals surface area contributed by atoms with Crippen molar-refractivity contribution in [1.29, 1.82) is 0 Å². The second-order valence-electron chi connectivity index (χ2n) is 12.7. The van der Waals surface area contributed by atoms with Gasteiger partial charge in [0.2, 0.25) is 0 Å². The number of para-hydroxylation sites is 4. The van der Waals surface area contributed by atoms with Crippen LogP contribution in [0.4, 0.5) is 22.7 Å². The maximum absolute atomic E-state index is 5.36. The number of hydrogen-bond acceptors (Lipinski definition) is 3. The highest BCUT2D eigenvalue weighted by Crippen LogP contribution is 2.63. The Labute approximate surface area is 280 Å². The molecule has 48 heavy (non-hydrogen) atoms. The summed E-state index contributed by atoms with van der Waals surface area (Å²) in [5.41, 5.74) is 16.4. The first-order valence-corrected chi connectivity index (χ1v) is 16.6. The van der Waals surface area contributed by atoms with Crippen molar-refractivity contribution in [3.63, 3.8) is 0 Å². The van der Waals surface area contributed by atoms with Crippen molar-refractivity contribution in [3.8, 4) is 11.1 Å². The van der Waals surface area contributed by atoms with Gasteiger partial charge < -0.3 is 10.2 Å². The number of anilines is 4. The Kier molecular flexibility index (Phi) is 5.85. The normalized spacial score (nSPS) is 16.1. The van der Waals surface area contributed by atoms with Crippen LogP contribution in [0.15, 0.2) is 181 Å². The fourth-order valence-electron chi connectivity index (χ4n) is 8.33. The predicted octanol–water partition coefficient (Wildman–Crippen LogP) is 10.8. The van der Waals surface area contributed by atoms with Gasteiger partial charge in [0.1, 0.15) is 6.17 Å². The quantitative estimate of drug-likeness (QED) is 0.215. The van der Waals surface area contributed by atoms with E-state index in [1.165, 1.54) is 44.8 Å². The minimum absolute atomic E-state index is 0.219. The Morgan fingerprint density at radius 1 is 0.479 bits per heavy atom. The van der Waals surface area contributed by atoms with E-state index in [1.807, 2.05) is 0 Å². The first-order chi connectivity index (χ1) is 23.8.